The van der Waals surface area contributed by atoms with Gasteiger partial charge in [0.05, 0.1) is 11.1 Å². The Morgan fingerprint density at radius 1 is 1.00 bits per heavy atom. The molecule has 1 amide bonds. The summed E-state index contributed by atoms with van der Waals surface area (Å²) in [7, 11) is 0. The van der Waals surface area contributed by atoms with Gasteiger partial charge < -0.3 is 15.2 Å². The minimum Gasteiger partial charge on any atom is -0.366 e. The molecule has 0 aliphatic carbocycles. The van der Waals surface area contributed by atoms with Gasteiger partial charge in [-0.2, -0.15) is 13.2 Å². The summed E-state index contributed by atoms with van der Waals surface area (Å²) >= 11 is 0. The molecule has 3 rings (SSSR count). The van der Waals surface area contributed by atoms with Crippen LogP contribution in [0.3, 0.4) is 0 Å². The first-order chi connectivity index (χ1) is 13.2. The van der Waals surface area contributed by atoms with Crippen LogP contribution in [0.2, 0.25) is 0 Å². The normalized spacial score (nSPS) is 15.8. The molecular weight excluding hydrogens is 367 g/mol. The van der Waals surface area contributed by atoms with E-state index in [9.17, 15) is 18.0 Å². The fourth-order valence-electron chi connectivity index (χ4n) is 4.12. The van der Waals surface area contributed by atoms with Crippen molar-refractivity contribution in [2.45, 2.75) is 45.8 Å². The molecule has 0 unspecified atom stereocenters. The highest BCUT2D eigenvalue weighted by Crippen LogP contribution is 2.35. The molecule has 0 radical (unpaired) electrons. The summed E-state index contributed by atoms with van der Waals surface area (Å²) in [4.78, 5) is 14.5. The molecule has 1 aliphatic rings. The molecule has 4 nitrogen and oxygen atoms in total. The van der Waals surface area contributed by atoms with Crippen molar-refractivity contribution >= 4 is 5.91 Å². The van der Waals surface area contributed by atoms with Gasteiger partial charge in [-0.15, -0.1) is 0 Å². The highest BCUT2D eigenvalue weighted by atomic mass is 19.4. The van der Waals surface area contributed by atoms with Crippen LogP contribution in [0.4, 0.5) is 13.2 Å². The topological polar surface area (TPSA) is 51.3 Å². The quantitative estimate of drug-likeness (QED) is 0.820. The van der Waals surface area contributed by atoms with Crippen LogP contribution in [-0.4, -0.2) is 35.0 Å². The Kier molecular flexibility index (Phi) is 5.84. The second-order valence-electron chi connectivity index (χ2n) is 7.41. The summed E-state index contributed by atoms with van der Waals surface area (Å²) in [5.74, 6) is -0.563. The van der Waals surface area contributed by atoms with Gasteiger partial charge in [0, 0.05) is 30.0 Å². The van der Waals surface area contributed by atoms with Crippen molar-refractivity contribution in [1.29, 1.82) is 0 Å². The maximum atomic E-state index is 12.9. The number of piperidine rings is 1. The summed E-state index contributed by atoms with van der Waals surface area (Å²) < 4.78 is 40.7. The number of halogens is 3. The fraction of sp³-hybridized carbons (Fsp3) is 0.476. The molecule has 1 aromatic carbocycles. The summed E-state index contributed by atoms with van der Waals surface area (Å²) in [6.45, 7) is 7.49. The zero-order chi connectivity index (χ0) is 20.5. The van der Waals surface area contributed by atoms with Gasteiger partial charge in [-0.3, -0.25) is 4.79 Å². The predicted octanol–water partition coefficient (Wildman–Crippen LogP) is 4.38. The van der Waals surface area contributed by atoms with E-state index in [0.717, 1.165) is 49.7 Å². The maximum Gasteiger partial charge on any atom is 0.416 e. The van der Waals surface area contributed by atoms with E-state index in [-0.39, 0.29) is 0 Å². The lowest BCUT2D eigenvalue weighted by Gasteiger charge is -2.27. The van der Waals surface area contributed by atoms with Crippen molar-refractivity contribution in [2.75, 3.05) is 19.6 Å². The summed E-state index contributed by atoms with van der Waals surface area (Å²) in [5.41, 5.74) is 8.11. The summed E-state index contributed by atoms with van der Waals surface area (Å²) in [6.07, 6.45) is -0.724. The van der Waals surface area contributed by atoms with Crippen molar-refractivity contribution in [3.8, 4) is 11.1 Å². The SMILES string of the molecule is Cc1c(C(N)=O)c(-c2ccc(C(F)(F)F)cc2)c(C)n1CCN1CCCCC1. The Morgan fingerprint density at radius 2 is 1.61 bits per heavy atom. The zero-order valence-electron chi connectivity index (χ0n) is 16.3. The van der Waals surface area contributed by atoms with Gasteiger partial charge in [0.2, 0.25) is 0 Å². The fourth-order valence-corrected chi connectivity index (χ4v) is 4.12. The number of carbonyl (C=O) groups excluding carboxylic acids is 1. The Hall–Kier alpha value is -2.28. The van der Waals surface area contributed by atoms with E-state index in [1.807, 2.05) is 13.8 Å². The number of carbonyl (C=O) groups is 1. The number of likely N-dealkylation sites (tertiary alicyclic amines) is 1. The number of hydrogen-bond donors (Lipinski definition) is 1. The predicted molar refractivity (Wildman–Crippen MR) is 103 cm³/mol. The molecule has 1 aromatic heterocycles. The molecule has 1 fully saturated rings. The molecule has 2 heterocycles. The number of benzene rings is 1. The van der Waals surface area contributed by atoms with E-state index in [0.29, 0.717) is 16.7 Å². The van der Waals surface area contributed by atoms with Crippen LogP contribution >= 0.6 is 0 Å². The number of nitrogens with two attached hydrogens (primary N) is 1. The van der Waals surface area contributed by atoms with E-state index in [4.69, 9.17) is 5.73 Å². The highest BCUT2D eigenvalue weighted by Gasteiger charge is 2.30. The lowest BCUT2D eigenvalue weighted by atomic mass is 9.99. The second kappa shape index (κ2) is 7.99. The van der Waals surface area contributed by atoms with Gasteiger partial charge in [-0.1, -0.05) is 18.6 Å². The Bertz CT molecular complexity index is 847. The molecule has 2 N–H and O–H groups in total. The largest absolute Gasteiger partial charge is 0.416 e. The first-order valence-electron chi connectivity index (χ1n) is 9.59. The third-order valence-electron chi connectivity index (χ3n) is 5.62. The maximum absolute atomic E-state index is 12.9. The molecule has 0 atom stereocenters. The van der Waals surface area contributed by atoms with Gasteiger partial charge in [-0.05, 0) is 57.5 Å². The molecule has 2 aromatic rings. The minimum atomic E-state index is -4.39. The second-order valence-corrected chi connectivity index (χ2v) is 7.41. The average Bonchev–Trinajstić information content (AvgIpc) is 2.90. The molecule has 0 spiro atoms. The smallest absolute Gasteiger partial charge is 0.366 e. The van der Waals surface area contributed by atoms with E-state index in [1.54, 1.807) is 0 Å². The Balaban J connectivity index is 1.95. The molecule has 7 heteroatoms. The first kappa shape index (κ1) is 20.5. The van der Waals surface area contributed by atoms with Crippen LogP contribution in [0.15, 0.2) is 24.3 Å². The summed E-state index contributed by atoms with van der Waals surface area (Å²) in [6, 6.07) is 4.90. The Morgan fingerprint density at radius 3 is 2.14 bits per heavy atom. The molecule has 1 aliphatic heterocycles. The third-order valence-corrected chi connectivity index (χ3v) is 5.62. The average molecular weight is 393 g/mol. The van der Waals surface area contributed by atoms with E-state index < -0.39 is 17.6 Å². The van der Waals surface area contributed by atoms with Crippen LogP contribution < -0.4 is 5.73 Å². The van der Waals surface area contributed by atoms with Gasteiger partial charge in [0.25, 0.3) is 5.91 Å². The monoisotopic (exact) mass is 393 g/mol. The lowest BCUT2D eigenvalue weighted by molar-refractivity contribution is -0.137. The number of primary amides is 1. The van der Waals surface area contributed by atoms with Crippen molar-refractivity contribution in [1.82, 2.24) is 9.47 Å². The molecule has 0 bridgehead atoms. The minimum absolute atomic E-state index is 0.385. The molecule has 152 valence electrons. The van der Waals surface area contributed by atoms with Crippen LogP contribution in [0.25, 0.3) is 11.1 Å². The molecule has 28 heavy (non-hydrogen) atoms. The summed E-state index contributed by atoms with van der Waals surface area (Å²) in [5, 5.41) is 0. The van der Waals surface area contributed by atoms with Gasteiger partial charge in [0.15, 0.2) is 0 Å². The van der Waals surface area contributed by atoms with E-state index in [2.05, 4.69) is 9.47 Å². The lowest BCUT2D eigenvalue weighted by Crippen LogP contribution is -2.32. The van der Waals surface area contributed by atoms with Crippen LogP contribution in [0.1, 0.15) is 46.6 Å². The highest BCUT2D eigenvalue weighted by molar-refractivity contribution is 6.02. The van der Waals surface area contributed by atoms with Crippen LogP contribution in [0.5, 0.6) is 0 Å². The number of hydrogen-bond acceptors (Lipinski definition) is 2. The van der Waals surface area contributed by atoms with Crippen molar-refractivity contribution in [3.63, 3.8) is 0 Å². The van der Waals surface area contributed by atoms with Crippen LogP contribution in [-0.2, 0) is 12.7 Å². The standard InChI is InChI=1S/C21H26F3N3O/c1-14-18(16-6-8-17(9-7-16)21(22,23)24)19(20(25)28)15(2)27(14)13-12-26-10-4-3-5-11-26/h6-9H,3-5,10-13H2,1-2H3,(H2,25,28). The van der Waals surface area contributed by atoms with E-state index >= 15 is 0 Å². The van der Waals surface area contributed by atoms with Crippen molar-refractivity contribution in [2.24, 2.45) is 5.73 Å². The van der Waals surface area contributed by atoms with Crippen LogP contribution in [0, 0.1) is 13.8 Å². The number of amides is 1. The zero-order valence-corrected chi connectivity index (χ0v) is 16.3. The third kappa shape index (κ3) is 4.09. The van der Waals surface area contributed by atoms with Crippen molar-refractivity contribution < 1.29 is 18.0 Å². The van der Waals surface area contributed by atoms with Gasteiger partial charge in [-0.25, -0.2) is 0 Å². The van der Waals surface area contributed by atoms with E-state index in [1.165, 1.54) is 31.4 Å². The molecular formula is C21H26F3N3O. The first-order valence-corrected chi connectivity index (χ1v) is 9.59. The molecule has 0 saturated carbocycles. The van der Waals surface area contributed by atoms with Gasteiger partial charge in [0.1, 0.15) is 0 Å². The van der Waals surface area contributed by atoms with Gasteiger partial charge >= 0.3 is 6.18 Å². The number of aromatic nitrogens is 1. The number of rotatable bonds is 5. The number of nitrogens with zero attached hydrogens (tertiary/aromatic N) is 2. The van der Waals surface area contributed by atoms with Crippen molar-refractivity contribution in [3.05, 3.63) is 46.8 Å². The number of alkyl halides is 3. The molecule has 1 saturated heterocycles. The Labute approximate surface area is 163 Å².